The van der Waals surface area contributed by atoms with E-state index in [1.807, 2.05) is 0 Å². The number of alkyl halides is 4. The monoisotopic (exact) mass is 464 g/mol. The van der Waals surface area contributed by atoms with E-state index in [2.05, 4.69) is 20.0 Å². The number of amides is 1. The fourth-order valence-electron chi connectivity index (χ4n) is 3.03. The number of hydrogen-bond acceptors (Lipinski definition) is 6. The van der Waals surface area contributed by atoms with E-state index in [0.717, 1.165) is 30.5 Å². The highest BCUT2D eigenvalue weighted by molar-refractivity contribution is 6.34. The molecule has 2 aromatic rings. The van der Waals surface area contributed by atoms with Crippen LogP contribution in [0.1, 0.15) is 22.5 Å². The van der Waals surface area contributed by atoms with Crippen LogP contribution in [-0.2, 0) is 10.3 Å². The Balaban J connectivity index is 1.98. The van der Waals surface area contributed by atoms with Crippen LogP contribution >= 0.6 is 11.6 Å². The minimum absolute atomic E-state index is 0.0935. The van der Waals surface area contributed by atoms with Crippen molar-refractivity contribution in [2.24, 2.45) is 10.7 Å². The maximum Gasteiger partial charge on any atom is 0.425 e. The molecular weight excluding hydrogens is 451 g/mol. The summed E-state index contributed by atoms with van der Waals surface area (Å²) in [7, 11) is 0. The molecule has 2 heterocycles. The van der Waals surface area contributed by atoms with Gasteiger partial charge in [-0.3, -0.25) is 4.79 Å². The number of hydrogen-bond donors (Lipinski definition) is 3. The standard InChI is InChI=1S/C18H14ClF5N4O3/c19-11-4-9(29)6-26-14(11)15(30)27-8-1-2-12(21)10(3-8)17(7-20)5-13(18(22,23)24)31-16(25)28-17/h1-4,6,13,29H,5,7H2,(H2,25,28)(H,27,30)/t13-,17+/m0/s1. The van der Waals surface area contributed by atoms with Crippen molar-refractivity contribution in [1.29, 1.82) is 0 Å². The summed E-state index contributed by atoms with van der Waals surface area (Å²) in [6.07, 6.45) is -7.50. The molecule has 0 fully saturated rings. The van der Waals surface area contributed by atoms with E-state index in [-0.39, 0.29) is 22.2 Å². The third-order valence-electron chi connectivity index (χ3n) is 4.46. The quantitative estimate of drug-likeness (QED) is 0.598. The second kappa shape index (κ2) is 8.17. The van der Waals surface area contributed by atoms with Crippen molar-refractivity contribution < 1.29 is 36.6 Å². The van der Waals surface area contributed by atoms with E-state index >= 15 is 0 Å². The summed E-state index contributed by atoms with van der Waals surface area (Å²) < 4.78 is 72.5. The number of halogens is 6. The molecule has 166 valence electrons. The number of carbonyl (C=O) groups is 1. The SMILES string of the molecule is NC1=N[C@](CF)(c2cc(NC(=O)c3ncc(O)cc3Cl)ccc2F)C[C@@H](C(F)(F)F)O1. The predicted molar refractivity (Wildman–Crippen MR) is 100 cm³/mol. The van der Waals surface area contributed by atoms with Crippen LogP contribution in [0.25, 0.3) is 0 Å². The van der Waals surface area contributed by atoms with Crippen molar-refractivity contribution in [2.45, 2.75) is 24.2 Å². The van der Waals surface area contributed by atoms with Gasteiger partial charge in [-0.05, 0) is 18.2 Å². The summed E-state index contributed by atoms with van der Waals surface area (Å²) >= 11 is 5.84. The minimum Gasteiger partial charge on any atom is -0.506 e. The first kappa shape index (κ1) is 22.5. The largest absolute Gasteiger partial charge is 0.506 e. The molecule has 1 aromatic carbocycles. The molecule has 0 spiro atoms. The van der Waals surface area contributed by atoms with Gasteiger partial charge in [0.1, 0.15) is 29.5 Å². The Morgan fingerprint density at radius 1 is 1.39 bits per heavy atom. The second-order valence-corrected chi connectivity index (χ2v) is 7.05. The van der Waals surface area contributed by atoms with Gasteiger partial charge in [-0.2, -0.15) is 13.2 Å². The first-order valence-corrected chi connectivity index (χ1v) is 8.93. The van der Waals surface area contributed by atoms with Crippen molar-refractivity contribution in [2.75, 3.05) is 12.0 Å². The van der Waals surface area contributed by atoms with E-state index in [1.165, 1.54) is 0 Å². The number of carbonyl (C=O) groups excluding carboxylic acids is 1. The van der Waals surface area contributed by atoms with Gasteiger partial charge in [0.25, 0.3) is 11.9 Å². The first-order valence-electron chi connectivity index (χ1n) is 8.56. The van der Waals surface area contributed by atoms with Crippen molar-refractivity contribution in [3.8, 4) is 5.75 Å². The van der Waals surface area contributed by atoms with E-state index in [9.17, 15) is 31.9 Å². The van der Waals surface area contributed by atoms with Crippen LogP contribution < -0.4 is 11.1 Å². The average molecular weight is 465 g/mol. The molecule has 1 amide bonds. The van der Waals surface area contributed by atoms with Gasteiger partial charge >= 0.3 is 6.18 Å². The van der Waals surface area contributed by atoms with E-state index in [0.29, 0.717) is 0 Å². The van der Waals surface area contributed by atoms with Crippen molar-refractivity contribution >= 4 is 29.2 Å². The Morgan fingerprint density at radius 2 is 2.10 bits per heavy atom. The number of nitrogens with zero attached hydrogens (tertiary/aromatic N) is 2. The smallest absolute Gasteiger partial charge is 0.425 e. The van der Waals surface area contributed by atoms with Gasteiger partial charge in [-0.1, -0.05) is 11.6 Å². The van der Waals surface area contributed by atoms with Gasteiger partial charge in [-0.25, -0.2) is 18.8 Å². The molecule has 7 nitrogen and oxygen atoms in total. The minimum atomic E-state index is -4.90. The highest BCUT2D eigenvalue weighted by atomic mass is 35.5. The zero-order chi connectivity index (χ0) is 23.0. The molecule has 1 aromatic heterocycles. The number of rotatable bonds is 4. The summed E-state index contributed by atoms with van der Waals surface area (Å²) in [5, 5.41) is 11.5. The van der Waals surface area contributed by atoms with Crippen molar-refractivity contribution in [1.82, 2.24) is 4.98 Å². The van der Waals surface area contributed by atoms with Gasteiger partial charge < -0.3 is 20.9 Å². The number of benzene rings is 1. The lowest BCUT2D eigenvalue weighted by atomic mass is 9.84. The Bertz CT molecular complexity index is 1050. The van der Waals surface area contributed by atoms with Gasteiger partial charge in [-0.15, -0.1) is 0 Å². The molecule has 0 saturated carbocycles. The number of nitrogens with one attached hydrogen (secondary N) is 1. The lowest BCUT2D eigenvalue weighted by Crippen LogP contribution is -2.48. The Labute approximate surface area is 176 Å². The van der Waals surface area contributed by atoms with Gasteiger partial charge in [0, 0.05) is 23.7 Å². The van der Waals surface area contributed by atoms with E-state index < -0.39 is 54.2 Å². The maximum atomic E-state index is 14.5. The lowest BCUT2D eigenvalue weighted by molar-refractivity contribution is -0.209. The van der Waals surface area contributed by atoms with Crippen LogP contribution in [0.15, 0.2) is 35.5 Å². The molecule has 0 radical (unpaired) electrons. The van der Waals surface area contributed by atoms with Crippen LogP contribution in [0.4, 0.5) is 27.6 Å². The average Bonchev–Trinajstić information content (AvgIpc) is 2.68. The molecule has 1 aliphatic rings. The maximum absolute atomic E-state index is 14.5. The van der Waals surface area contributed by atoms with Crippen LogP contribution in [0.5, 0.6) is 5.75 Å². The molecule has 2 atom stereocenters. The Morgan fingerprint density at radius 3 is 2.71 bits per heavy atom. The van der Waals surface area contributed by atoms with E-state index in [1.54, 1.807) is 0 Å². The number of pyridine rings is 1. The van der Waals surface area contributed by atoms with E-state index in [4.69, 9.17) is 17.3 Å². The molecule has 1 aliphatic heterocycles. The van der Waals surface area contributed by atoms with Gasteiger partial charge in [0.2, 0.25) is 0 Å². The number of nitrogens with two attached hydrogens (primary N) is 1. The predicted octanol–water partition coefficient (Wildman–Crippen LogP) is 3.66. The van der Waals surface area contributed by atoms with Gasteiger partial charge in [0.15, 0.2) is 6.10 Å². The Kier molecular flexibility index (Phi) is 5.94. The molecule has 0 aliphatic carbocycles. The number of aliphatic imine (C=N–C) groups is 1. The van der Waals surface area contributed by atoms with Crippen molar-refractivity contribution in [3.63, 3.8) is 0 Å². The summed E-state index contributed by atoms with van der Waals surface area (Å²) in [6.45, 7) is -1.51. The normalized spacial score (nSPS) is 21.2. The fraction of sp³-hybridized carbons (Fsp3) is 0.278. The van der Waals surface area contributed by atoms with Crippen LogP contribution in [0.2, 0.25) is 5.02 Å². The first-order chi connectivity index (χ1) is 14.4. The number of amidine groups is 1. The Hall–Kier alpha value is -3.15. The molecule has 0 bridgehead atoms. The molecule has 3 rings (SSSR count). The summed E-state index contributed by atoms with van der Waals surface area (Å²) in [5.74, 6) is -2.21. The van der Waals surface area contributed by atoms with Crippen LogP contribution in [-0.4, -0.2) is 41.0 Å². The third-order valence-corrected chi connectivity index (χ3v) is 4.75. The lowest BCUT2D eigenvalue weighted by Gasteiger charge is -2.36. The summed E-state index contributed by atoms with van der Waals surface area (Å²) in [5.41, 5.74) is 2.06. The number of aromatic hydroxyl groups is 1. The third kappa shape index (κ3) is 4.63. The molecule has 13 heteroatoms. The molecule has 31 heavy (non-hydrogen) atoms. The molecular formula is C18H14ClF5N4O3. The zero-order valence-electron chi connectivity index (χ0n) is 15.4. The topological polar surface area (TPSA) is 110 Å². The van der Waals surface area contributed by atoms with Gasteiger partial charge in [0.05, 0.1) is 11.2 Å². The molecule has 0 saturated heterocycles. The van der Waals surface area contributed by atoms with Crippen LogP contribution in [0.3, 0.4) is 0 Å². The summed E-state index contributed by atoms with van der Waals surface area (Å²) in [6, 6.07) is 2.99. The fourth-order valence-corrected chi connectivity index (χ4v) is 3.28. The van der Waals surface area contributed by atoms with Crippen molar-refractivity contribution in [3.05, 3.63) is 52.6 Å². The second-order valence-electron chi connectivity index (χ2n) is 6.64. The molecule has 0 unspecified atom stereocenters. The number of anilines is 1. The summed E-state index contributed by atoms with van der Waals surface area (Å²) in [4.78, 5) is 19.7. The highest BCUT2D eigenvalue weighted by Gasteiger charge is 2.52. The van der Waals surface area contributed by atoms with Crippen LogP contribution in [0, 0.1) is 5.82 Å². The highest BCUT2D eigenvalue weighted by Crippen LogP contribution is 2.42. The number of aromatic nitrogens is 1. The number of ether oxygens (including phenoxy) is 1. The molecule has 4 N–H and O–H groups in total. The zero-order valence-corrected chi connectivity index (χ0v) is 16.1.